The standard InChI is InChI=1S/2C9H12BrNO2/c1-6(2)13-8-4-7(10)5-11-9(8)12-3;1-6(2)13-7-4-5-8(10)11-9(7)12-3/h2*4-6H,1-3H3. The number of rotatable bonds is 6. The van der Waals surface area contributed by atoms with E-state index in [4.69, 9.17) is 18.9 Å². The largest absolute Gasteiger partial charge is 0.485 e. The van der Waals surface area contributed by atoms with Crippen molar-refractivity contribution < 1.29 is 18.9 Å². The van der Waals surface area contributed by atoms with Gasteiger partial charge < -0.3 is 18.9 Å². The first-order chi connectivity index (χ1) is 12.3. The summed E-state index contributed by atoms with van der Waals surface area (Å²) in [7, 11) is 3.14. The molecular weight excluding hydrogens is 468 g/mol. The third kappa shape index (κ3) is 7.78. The minimum absolute atomic E-state index is 0.116. The van der Waals surface area contributed by atoms with E-state index in [0.717, 1.165) is 9.08 Å². The van der Waals surface area contributed by atoms with Gasteiger partial charge in [-0.15, -0.1) is 0 Å². The van der Waals surface area contributed by atoms with Gasteiger partial charge >= 0.3 is 0 Å². The number of pyridine rings is 2. The molecule has 2 rings (SSSR count). The maximum absolute atomic E-state index is 5.50. The third-order valence-electron chi connectivity index (χ3n) is 2.69. The molecule has 0 aromatic carbocycles. The summed E-state index contributed by atoms with van der Waals surface area (Å²) in [6.07, 6.45) is 1.91. The van der Waals surface area contributed by atoms with Crippen LogP contribution in [0, 0.1) is 0 Å². The molecule has 2 heterocycles. The molecule has 0 aliphatic rings. The maximum Gasteiger partial charge on any atom is 0.257 e. The van der Waals surface area contributed by atoms with E-state index in [-0.39, 0.29) is 12.2 Å². The van der Waals surface area contributed by atoms with E-state index in [9.17, 15) is 0 Å². The zero-order chi connectivity index (χ0) is 19.7. The molecule has 0 amide bonds. The van der Waals surface area contributed by atoms with Crippen molar-refractivity contribution in [2.24, 2.45) is 0 Å². The highest BCUT2D eigenvalue weighted by atomic mass is 79.9. The lowest BCUT2D eigenvalue weighted by Crippen LogP contribution is -2.07. The monoisotopic (exact) mass is 490 g/mol. The van der Waals surface area contributed by atoms with Crippen molar-refractivity contribution in [2.75, 3.05) is 14.2 Å². The summed E-state index contributed by atoms with van der Waals surface area (Å²) in [6, 6.07) is 5.49. The van der Waals surface area contributed by atoms with Crippen molar-refractivity contribution in [3.05, 3.63) is 33.5 Å². The molecule has 0 aliphatic carbocycles. The van der Waals surface area contributed by atoms with E-state index in [1.807, 2.05) is 45.9 Å². The number of halogens is 2. The van der Waals surface area contributed by atoms with E-state index < -0.39 is 0 Å². The van der Waals surface area contributed by atoms with Crippen LogP contribution < -0.4 is 18.9 Å². The quantitative estimate of drug-likeness (QED) is 0.512. The Morgan fingerprint density at radius 1 is 0.846 bits per heavy atom. The Hall–Kier alpha value is -1.54. The summed E-state index contributed by atoms with van der Waals surface area (Å²) in [5.41, 5.74) is 0. The molecule has 0 fully saturated rings. The second-order valence-electron chi connectivity index (χ2n) is 5.64. The fraction of sp³-hybridized carbons (Fsp3) is 0.444. The molecule has 0 atom stereocenters. The zero-order valence-electron chi connectivity index (χ0n) is 15.7. The molecule has 0 saturated heterocycles. The molecule has 8 heteroatoms. The summed E-state index contributed by atoms with van der Waals surface area (Å²) in [6.45, 7) is 7.84. The van der Waals surface area contributed by atoms with Gasteiger partial charge in [0.05, 0.1) is 26.4 Å². The highest BCUT2D eigenvalue weighted by molar-refractivity contribution is 9.10. The number of aromatic nitrogens is 2. The first-order valence-electron chi connectivity index (χ1n) is 8.00. The Morgan fingerprint density at radius 3 is 1.96 bits per heavy atom. The van der Waals surface area contributed by atoms with Gasteiger partial charge in [-0.2, -0.15) is 0 Å². The van der Waals surface area contributed by atoms with Gasteiger partial charge in [0.2, 0.25) is 0 Å². The number of methoxy groups -OCH3 is 2. The van der Waals surface area contributed by atoms with E-state index in [1.54, 1.807) is 20.4 Å². The van der Waals surface area contributed by atoms with Crippen molar-refractivity contribution in [1.82, 2.24) is 9.97 Å². The normalized spacial score (nSPS) is 10.2. The van der Waals surface area contributed by atoms with Gasteiger partial charge in [-0.1, -0.05) is 0 Å². The third-order valence-corrected chi connectivity index (χ3v) is 3.56. The molecule has 2 aromatic rings. The second-order valence-corrected chi connectivity index (χ2v) is 7.36. The summed E-state index contributed by atoms with van der Waals surface area (Å²) < 4.78 is 22.7. The Balaban J connectivity index is 0.000000260. The minimum atomic E-state index is 0.116. The van der Waals surface area contributed by atoms with Crippen LogP contribution in [-0.2, 0) is 0 Å². The van der Waals surface area contributed by atoms with E-state index in [0.29, 0.717) is 23.3 Å². The predicted octanol–water partition coefficient (Wildman–Crippen LogP) is 5.28. The van der Waals surface area contributed by atoms with Crippen LogP contribution in [-0.4, -0.2) is 36.4 Å². The fourth-order valence-corrected chi connectivity index (χ4v) is 2.40. The lowest BCUT2D eigenvalue weighted by molar-refractivity contribution is 0.227. The highest BCUT2D eigenvalue weighted by Crippen LogP contribution is 2.28. The minimum Gasteiger partial charge on any atom is -0.485 e. The Morgan fingerprint density at radius 2 is 1.42 bits per heavy atom. The summed E-state index contributed by atoms with van der Waals surface area (Å²) in [5.74, 6) is 2.34. The zero-order valence-corrected chi connectivity index (χ0v) is 18.9. The summed E-state index contributed by atoms with van der Waals surface area (Å²) in [5, 5.41) is 0. The number of nitrogens with zero attached hydrogens (tertiary/aromatic N) is 2. The van der Waals surface area contributed by atoms with Crippen molar-refractivity contribution in [3.8, 4) is 23.3 Å². The lowest BCUT2D eigenvalue weighted by atomic mass is 10.4. The van der Waals surface area contributed by atoms with Gasteiger partial charge in [0.1, 0.15) is 4.60 Å². The SMILES string of the molecule is COc1nc(Br)ccc1OC(C)C.COc1ncc(Br)cc1OC(C)C. The Labute approximate surface area is 171 Å². The van der Waals surface area contributed by atoms with Crippen LogP contribution in [0.5, 0.6) is 23.3 Å². The molecule has 0 unspecified atom stereocenters. The van der Waals surface area contributed by atoms with Crippen molar-refractivity contribution in [1.29, 1.82) is 0 Å². The van der Waals surface area contributed by atoms with Gasteiger partial charge in [-0.3, -0.25) is 0 Å². The molecule has 0 radical (unpaired) electrons. The Bertz CT molecular complexity index is 697. The second kappa shape index (κ2) is 11.2. The van der Waals surface area contributed by atoms with Crippen molar-refractivity contribution >= 4 is 31.9 Å². The topological polar surface area (TPSA) is 62.7 Å². The van der Waals surface area contributed by atoms with Crippen molar-refractivity contribution in [2.45, 2.75) is 39.9 Å². The maximum atomic E-state index is 5.50. The lowest BCUT2D eigenvalue weighted by Gasteiger charge is -2.12. The molecule has 144 valence electrons. The molecule has 0 N–H and O–H groups in total. The van der Waals surface area contributed by atoms with Crippen LogP contribution in [0.15, 0.2) is 33.5 Å². The van der Waals surface area contributed by atoms with E-state index in [2.05, 4.69) is 41.8 Å². The van der Waals surface area contributed by atoms with Crippen molar-refractivity contribution in [3.63, 3.8) is 0 Å². The fourth-order valence-electron chi connectivity index (χ4n) is 1.79. The van der Waals surface area contributed by atoms with Gasteiger partial charge in [0, 0.05) is 16.7 Å². The number of hydrogen-bond donors (Lipinski definition) is 0. The van der Waals surface area contributed by atoms with E-state index >= 15 is 0 Å². The van der Waals surface area contributed by atoms with Gasteiger partial charge in [-0.05, 0) is 71.7 Å². The van der Waals surface area contributed by atoms with Gasteiger partial charge in [-0.25, -0.2) is 9.97 Å². The van der Waals surface area contributed by atoms with Crippen LogP contribution in [0.1, 0.15) is 27.7 Å². The predicted molar refractivity (Wildman–Crippen MR) is 109 cm³/mol. The Kier molecular flexibility index (Phi) is 9.72. The van der Waals surface area contributed by atoms with Crippen LogP contribution >= 0.6 is 31.9 Å². The first-order valence-corrected chi connectivity index (χ1v) is 9.58. The number of hydrogen-bond acceptors (Lipinski definition) is 6. The molecule has 2 aromatic heterocycles. The van der Waals surface area contributed by atoms with Gasteiger partial charge in [0.15, 0.2) is 11.5 Å². The molecular formula is C18H24Br2N2O4. The average Bonchev–Trinajstić information content (AvgIpc) is 2.56. The molecule has 0 bridgehead atoms. The summed E-state index contributed by atoms with van der Waals surface area (Å²) >= 11 is 6.57. The first kappa shape index (κ1) is 22.5. The average molecular weight is 492 g/mol. The van der Waals surface area contributed by atoms with E-state index in [1.165, 1.54) is 0 Å². The number of ether oxygens (including phenoxy) is 4. The van der Waals surface area contributed by atoms with Gasteiger partial charge in [0.25, 0.3) is 11.8 Å². The summed E-state index contributed by atoms with van der Waals surface area (Å²) in [4.78, 5) is 8.17. The smallest absolute Gasteiger partial charge is 0.257 e. The van der Waals surface area contributed by atoms with Crippen LogP contribution in [0.3, 0.4) is 0 Å². The van der Waals surface area contributed by atoms with Crippen LogP contribution in [0.4, 0.5) is 0 Å². The molecule has 0 saturated carbocycles. The molecule has 6 nitrogen and oxygen atoms in total. The highest BCUT2D eigenvalue weighted by Gasteiger charge is 2.08. The molecule has 0 aliphatic heterocycles. The van der Waals surface area contributed by atoms with Crippen LogP contribution in [0.25, 0.3) is 0 Å². The molecule has 26 heavy (non-hydrogen) atoms. The molecule has 0 spiro atoms. The van der Waals surface area contributed by atoms with Crippen LogP contribution in [0.2, 0.25) is 0 Å².